The van der Waals surface area contributed by atoms with E-state index in [2.05, 4.69) is 20.8 Å². The van der Waals surface area contributed by atoms with Crippen LogP contribution in [-0.4, -0.2) is 39.3 Å². The topological polar surface area (TPSA) is 121 Å². The fourth-order valence-corrected chi connectivity index (χ4v) is 5.99. The molecule has 31 heavy (non-hydrogen) atoms. The van der Waals surface area contributed by atoms with Gasteiger partial charge in [-0.05, 0) is 67.7 Å². The first-order chi connectivity index (χ1) is 14.8. The lowest BCUT2D eigenvalue weighted by atomic mass is 9.99. The molecule has 2 aliphatic carbocycles. The smallest absolute Gasteiger partial charge is 0.354 e. The molecule has 0 fully saturated rings. The Labute approximate surface area is 181 Å². The maximum Gasteiger partial charge on any atom is 0.354 e. The van der Waals surface area contributed by atoms with Gasteiger partial charge in [-0.2, -0.15) is 5.10 Å². The first-order valence-corrected chi connectivity index (χ1v) is 12.1. The zero-order chi connectivity index (χ0) is 21.8. The second-order valence-corrected chi connectivity index (χ2v) is 10.5. The third kappa shape index (κ3) is 3.52. The molecule has 5 rings (SSSR count). The fraction of sp³-hybridized carbons (Fsp3) is 0.524. The summed E-state index contributed by atoms with van der Waals surface area (Å²) in [6.07, 6.45) is 7.42. The average molecular weight is 446 g/mol. The second-order valence-electron chi connectivity index (χ2n) is 8.78. The number of benzene rings is 1. The van der Waals surface area contributed by atoms with Gasteiger partial charge in [-0.25, -0.2) is 18.8 Å². The Bertz CT molecular complexity index is 1160. The summed E-state index contributed by atoms with van der Waals surface area (Å²) in [5.74, 6) is 0.269. The van der Waals surface area contributed by atoms with Gasteiger partial charge in [0.25, 0.3) is 0 Å². The average Bonchev–Trinajstić information content (AvgIpc) is 3.43. The van der Waals surface area contributed by atoms with Gasteiger partial charge in [-0.15, -0.1) is 4.36 Å². The van der Waals surface area contributed by atoms with E-state index < -0.39 is 21.5 Å². The van der Waals surface area contributed by atoms with Crippen LogP contribution in [0.4, 0.5) is 10.5 Å². The Kier molecular flexibility index (Phi) is 4.83. The molecule has 2 aromatic rings. The molecule has 0 spiro atoms. The highest BCUT2D eigenvalue weighted by Gasteiger charge is 2.39. The minimum atomic E-state index is -3.54. The molecule has 9 nitrogen and oxygen atoms in total. The predicted molar refractivity (Wildman–Crippen MR) is 116 cm³/mol. The molecule has 3 aliphatic rings. The van der Waals surface area contributed by atoms with E-state index in [1.54, 1.807) is 11.8 Å². The number of anilines is 1. The van der Waals surface area contributed by atoms with E-state index in [-0.39, 0.29) is 10.8 Å². The number of urea groups is 1. The van der Waals surface area contributed by atoms with Crippen molar-refractivity contribution in [1.82, 2.24) is 9.78 Å². The third-order valence-corrected chi connectivity index (χ3v) is 7.62. The van der Waals surface area contributed by atoms with Gasteiger partial charge in [0.2, 0.25) is 5.88 Å². The summed E-state index contributed by atoms with van der Waals surface area (Å²) in [5, 5.41) is 13.2. The lowest BCUT2D eigenvalue weighted by Crippen LogP contribution is -2.36. The summed E-state index contributed by atoms with van der Waals surface area (Å²) in [6.45, 7) is 2.64. The molecular weight excluding hydrogens is 418 g/mol. The summed E-state index contributed by atoms with van der Waals surface area (Å²) in [4.78, 5) is 12.9. The van der Waals surface area contributed by atoms with Crippen molar-refractivity contribution in [1.29, 1.82) is 0 Å². The van der Waals surface area contributed by atoms with Gasteiger partial charge in [-0.3, -0.25) is 0 Å². The maximum absolute atomic E-state index is 13.2. The molecule has 1 aliphatic heterocycles. The van der Waals surface area contributed by atoms with Crippen molar-refractivity contribution >= 4 is 21.6 Å². The van der Waals surface area contributed by atoms with E-state index in [4.69, 9.17) is 14.6 Å². The van der Waals surface area contributed by atoms with Crippen LogP contribution < -0.4 is 15.2 Å². The van der Waals surface area contributed by atoms with Crippen molar-refractivity contribution in [3.8, 4) is 5.88 Å². The number of hydrogen-bond donors (Lipinski definition) is 2. The van der Waals surface area contributed by atoms with Crippen LogP contribution in [0.25, 0.3) is 0 Å². The molecule has 2 heterocycles. The first kappa shape index (κ1) is 20.5. The van der Waals surface area contributed by atoms with Crippen LogP contribution in [-0.2, 0) is 46.9 Å². The summed E-state index contributed by atoms with van der Waals surface area (Å²) in [6, 6.07) is 1.58. The van der Waals surface area contributed by atoms with Crippen molar-refractivity contribution in [3.63, 3.8) is 0 Å². The minimum Gasteiger partial charge on any atom is -0.466 e. The molecule has 0 saturated heterocycles. The number of hydrogen-bond acceptors (Lipinski definition) is 5. The lowest BCUT2D eigenvalue weighted by Gasteiger charge is -2.21. The van der Waals surface area contributed by atoms with E-state index in [0.29, 0.717) is 13.2 Å². The third-order valence-electron chi connectivity index (χ3n) is 6.28. The quantitative estimate of drug-likeness (QED) is 0.749. The number of methoxy groups -OCH3 is 1. The highest BCUT2D eigenvalue weighted by Crippen LogP contribution is 2.39. The van der Waals surface area contributed by atoms with E-state index in [1.807, 2.05) is 6.92 Å². The SMILES string of the molecule is COC[C@@]1(C)Cn2ncc(S(N)(=O)=NC(=O)Nc3c4c(cc5c3CCC5)CCC4)c2O1. The molecule has 2 atom stereocenters. The zero-order valence-electron chi connectivity index (χ0n) is 17.8. The number of amides is 2. The van der Waals surface area contributed by atoms with E-state index in [0.717, 1.165) is 44.2 Å². The minimum absolute atomic E-state index is 0.117. The maximum atomic E-state index is 13.2. The van der Waals surface area contributed by atoms with Crippen LogP contribution in [0.2, 0.25) is 0 Å². The molecule has 3 N–H and O–H groups in total. The summed E-state index contributed by atoms with van der Waals surface area (Å²) in [5.41, 5.74) is 5.15. The molecule has 2 amide bonds. The number of nitrogens with zero attached hydrogens (tertiary/aromatic N) is 3. The van der Waals surface area contributed by atoms with Gasteiger partial charge in [0, 0.05) is 12.8 Å². The van der Waals surface area contributed by atoms with E-state index in [9.17, 15) is 9.00 Å². The fourth-order valence-electron chi connectivity index (χ4n) is 5.01. The van der Waals surface area contributed by atoms with Crippen LogP contribution >= 0.6 is 0 Å². The van der Waals surface area contributed by atoms with Crippen LogP contribution in [0, 0.1) is 0 Å². The number of aryl methyl sites for hydroxylation is 2. The highest BCUT2D eigenvalue weighted by atomic mass is 32.2. The number of rotatable bonds is 4. The van der Waals surface area contributed by atoms with Gasteiger partial charge < -0.3 is 14.8 Å². The number of carbonyl (C=O) groups is 1. The number of nitrogens with one attached hydrogen (secondary N) is 1. The second kappa shape index (κ2) is 7.32. The molecule has 0 saturated carbocycles. The number of ether oxygens (including phenoxy) is 2. The largest absolute Gasteiger partial charge is 0.466 e. The van der Waals surface area contributed by atoms with Gasteiger partial charge in [0.1, 0.15) is 4.90 Å². The highest BCUT2D eigenvalue weighted by molar-refractivity contribution is 7.91. The van der Waals surface area contributed by atoms with Crippen molar-refractivity contribution in [3.05, 3.63) is 34.5 Å². The first-order valence-electron chi connectivity index (χ1n) is 10.6. The molecule has 0 bridgehead atoms. The molecule has 0 radical (unpaired) electrons. The van der Waals surface area contributed by atoms with Crippen LogP contribution in [0.15, 0.2) is 21.5 Å². The molecular formula is C21H27N5O4S. The Hall–Kier alpha value is -2.43. The standard InChI is InChI=1S/C21H27N5O4S/c1-21(12-29-2)11-26-19(30-21)17(10-23-26)31(22,28)25-20(27)24-18-15-7-3-5-13(15)9-14-6-4-8-16(14)18/h9-10H,3-8,11-12H2,1-2H3,(H3,22,24,25,27,28)/t21-,31?/m1/s1. The summed E-state index contributed by atoms with van der Waals surface area (Å²) < 4.78 is 29.8. The monoisotopic (exact) mass is 445 g/mol. The van der Waals surface area contributed by atoms with Gasteiger partial charge >= 0.3 is 6.03 Å². The Morgan fingerprint density at radius 1 is 1.32 bits per heavy atom. The lowest BCUT2D eigenvalue weighted by molar-refractivity contribution is 0.0165. The van der Waals surface area contributed by atoms with Crippen molar-refractivity contribution in [2.75, 3.05) is 19.0 Å². The number of fused-ring (bicyclic) bond motifs is 3. The molecule has 166 valence electrons. The normalized spacial score (nSPS) is 22.9. The van der Waals surface area contributed by atoms with Gasteiger partial charge in [0.05, 0.1) is 19.3 Å². The number of aromatic nitrogens is 2. The number of carbonyl (C=O) groups excluding carboxylic acids is 1. The van der Waals surface area contributed by atoms with E-state index >= 15 is 0 Å². The van der Waals surface area contributed by atoms with Gasteiger partial charge in [-0.1, -0.05) is 6.07 Å². The number of nitrogens with two attached hydrogens (primary N) is 1. The Morgan fingerprint density at radius 3 is 2.65 bits per heavy atom. The summed E-state index contributed by atoms with van der Waals surface area (Å²) in [7, 11) is -1.96. The van der Waals surface area contributed by atoms with Crippen molar-refractivity contribution in [2.24, 2.45) is 9.50 Å². The Morgan fingerprint density at radius 2 is 2.00 bits per heavy atom. The van der Waals surface area contributed by atoms with E-state index in [1.165, 1.54) is 28.5 Å². The van der Waals surface area contributed by atoms with Crippen LogP contribution in [0.1, 0.15) is 42.0 Å². The van der Waals surface area contributed by atoms with Crippen molar-refractivity contribution in [2.45, 2.75) is 62.5 Å². The predicted octanol–water partition coefficient (Wildman–Crippen LogP) is 2.59. The molecule has 1 unspecified atom stereocenters. The van der Waals surface area contributed by atoms with Crippen LogP contribution in [0.3, 0.4) is 0 Å². The molecule has 1 aromatic heterocycles. The molecule has 1 aromatic carbocycles. The summed E-state index contributed by atoms with van der Waals surface area (Å²) >= 11 is 0. The van der Waals surface area contributed by atoms with Crippen LogP contribution in [0.5, 0.6) is 5.88 Å². The Balaban J connectivity index is 1.45. The van der Waals surface area contributed by atoms with Crippen molar-refractivity contribution < 1.29 is 18.5 Å². The molecule has 10 heteroatoms. The van der Waals surface area contributed by atoms with Gasteiger partial charge in [0.15, 0.2) is 15.5 Å². The zero-order valence-corrected chi connectivity index (χ0v) is 18.6.